The number of anilines is 1. The van der Waals surface area contributed by atoms with Crippen LogP contribution in [0.15, 0.2) is 73.3 Å². The number of hydrogen-bond donors (Lipinski definition) is 0. The molecule has 1 fully saturated rings. The van der Waals surface area contributed by atoms with E-state index < -0.39 is 0 Å². The summed E-state index contributed by atoms with van der Waals surface area (Å²) in [6.45, 7) is 6.29. The Morgan fingerprint density at radius 1 is 1.06 bits per heavy atom. The molecule has 0 N–H and O–H groups in total. The van der Waals surface area contributed by atoms with Crippen molar-refractivity contribution >= 4 is 29.2 Å². The molecule has 3 aromatic rings. The van der Waals surface area contributed by atoms with Crippen LogP contribution in [0, 0.1) is 0 Å². The van der Waals surface area contributed by atoms with Crippen molar-refractivity contribution in [3.63, 3.8) is 0 Å². The van der Waals surface area contributed by atoms with Crippen LogP contribution in [0.2, 0.25) is 5.02 Å². The zero-order valence-corrected chi connectivity index (χ0v) is 20.9. The number of carbonyl (C=O) groups excluding carboxylic acids is 2. The number of amides is 2. The van der Waals surface area contributed by atoms with E-state index in [0.29, 0.717) is 48.2 Å². The molecule has 4 rings (SSSR count). The first-order chi connectivity index (χ1) is 17.5. The molecule has 0 radical (unpaired) electrons. The molecule has 36 heavy (non-hydrogen) atoms. The van der Waals surface area contributed by atoms with Gasteiger partial charge in [0.15, 0.2) is 5.82 Å². The maximum absolute atomic E-state index is 13.0. The fourth-order valence-corrected chi connectivity index (χ4v) is 4.30. The molecule has 0 spiro atoms. The van der Waals surface area contributed by atoms with Crippen molar-refractivity contribution in [1.82, 2.24) is 20.0 Å². The second kappa shape index (κ2) is 11.7. The number of carbonyl (C=O) groups is 2. The van der Waals surface area contributed by atoms with Crippen LogP contribution in [-0.2, 0) is 4.79 Å². The summed E-state index contributed by atoms with van der Waals surface area (Å²) in [6.07, 6.45) is 1.62. The van der Waals surface area contributed by atoms with Gasteiger partial charge in [-0.1, -0.05) is 41.9 Å². The summed E-state index contributed by atoms with van der Waals surface area (Å²) in [6, 6.07) is 18.2. The van der Waals surface area contributed by atoms with Gasteiger partial charge in [0.1, 0.15) is 12.3 Å². The van der Waals surface area contributed by atoms with E-state index in [-0.39, 0.29) is 24.9 Å². The SMILES string of the molecule is C=CCN(CC(=O)N1CCN(c2ccc(-c3ccccc3Cl)nn2)CC1)C(=O)c1cccc(OC)c1. The second-order valence-electron chi connectivity index (χ2n) is 8.33. The lowest BCUT2D eigenvalue weighted by Gasteiger charge is -2.36. The molecule has 0 saturated carbocycles. The lowest BCUT2D eigenvalue weighted by Crippen LogP contribution is -2.52. The van der Waals surface area contributed by atoms with Gasteiger partial charge in [-0.15, -0.1) is 16.8 Å². The zero-order chi connectivity index (χ0) is 25.5. The van der Waals surface area contributed by atoms with Gasteiger partial charge in [0.25, 0.3) is 5.91 Å². The van der Waals surface area contributed by atoms with Crippen molar-refractivity contribution in [3.05, 3.63) is 83.9 Å². The van der Waals surface area contributed by atoms with Gasteiger partial charge >= 0.3 is 0 Å². The summed E-state index contributed by atoms with van der Waals surface area (Å²) < 4.78 is 5.22. The lowest BCUT2D eigenvalue weighted by molar-refractivity contribution is -0.132. The fraction of sp³-hybridized carbons (Fsp3) is 0.259. The highest BCUT2D eigenvalue weighted by Crippen LogP contribution is 2.26. The summed E-state index contributed by atoms with van der Waals surface area (Å²) in [4.78, 5) is 31.4. The number of aromatic nitrogens is 2. The average molecular weight is 506 g/mol. The van der Waals surface area contributed by atoms with Gasteiger partial charge in [0.2, 0.25) is 5.91 Å². The Labute approximate surface area is 215 Å². The molecular weight excluding hydrogens is 478 g/mol. The molecule has 186 valence electrons. The van der Waals surface area contributed by atoms with Crippen molar-refractivity contribution in [2.75, 3.05) is 51.3 Å². The molecule has 0 aliphatic carbocycles. The van der Waals surface area contributed by atoms with E-state index >= 15 is 0 Å². The van der Waals surface area contributed by atoms with Gasteiger partial charge in [-0.05, 0) is 36.4 Å². The van der Waals surface area contributed by atoms with Crippen LogP contribution in [0.4, 0.5) is 5.82 Å². The van der Waals surface area contributed by atoms with Gasteiger partial charge in [0, 0.05) is 43.9 Å². The molecule has 0 unspecified atom stereocenters. The van der Waals surface area contributed by atoms with Crippen LogP contribution in [0.1, 0.15) is 10.4 Å². The van der Waals surface area contributed by atoms with Gasteiger partial charge in [-0.3, -0.25) is 9.59 Å². The molecule has 1 aliphatic rings. The Hall–Kier alpha value is -3.91. The van der Waals surface area contributed by atoms with Crippen molar-refractivity contribution in [1.29, 1.82) is 0 Å². The van der Waals surface area contributed by atoms with Gasteiger partial charge in [-0.2, -0.15) is 0 Å². The van der Waals surface area contributed by atoms with Gasteiger partial charge in [0.05, 0.1) is 17.8 Å². The Morgan fingerprint density at radius 2 is 1.83 bits per heavy atom. The topological polar surface area (TPSA) is 78.9 Å². The lowest BCUT2D eigenvalue weighted by atomic mass is 10.1. The highest BCUT2D eigenvalue weighted by molar-refractivity contribution is 6.33. The second-order valence-corrected chi connectivity index (χ2v) is 8.74. The van der Waals surface area contributed by atoms with Crippen molar-refractivity contribution in [2.45, 2.75) is 0 Å². The number of nitrogens with zero attached hydrogens (tertiary/aromatic N) is 5. The minimum Gasteiger partial charge on any atom is -0.497 e. The molecule has 1 saturated heterocycles. The molecular formula is C27H28ClN5O3. The molecule has 1 aromatic heterocycles. The van der Waals surface area contributed by atoms with Crippen LogP contribution < -0.4 is 9.64 Å². The van der Waals surface area contributed by atoms with E-state index in [0.717, 1.165) is 11.4 Å². The van der Waals surface area contributed by atoms with Gasteiger partial charge < -0.3 is 19.4 Å². The Balaban J connectivity index is 1.35. The molecule has 2 amide bonds. The number of piperazine rings is 1. The van der Waals surface area contributed by atoms with Crippen LogP contribution in [0.5, 0.6) is 5.75 Å². The third-order valence-corrected chi connectivity index (χ3v) is 6.37. The molecule has 8 nitrogen and oxygen atoms in total. The molecule has 0 bridgehead atoms. The van der Waals surface area contributed by atoms with Gasteiger partial charge in [-0.25, -0.2) is 0 Å². The maximum Gasteiger partial charge on any atom is 0.254 e. The number of halogens is 1. The molecule has 1 aliphatic heterocycles. The molecule has 2 heterocycles. The van der Waals surface area contributed by atoms with Crippen molar-refractivity contribution in [3.8, 4) is 17.0 Å². The molecule has 2 aromatic carbocycles. The summed E-state index contributed by atoms with van der Waals surface area (Å²) in [5.74, 6) is 0.992. The summed E-state index contributed by atoms with van der Waals surface area (Å²) in [5.41, 5.74) is 2.01. The summed E-state index contributed by atoms with van der Waals surface area (Å²) in [7, 11) is 1.55. The first-order valence-electron chi connectivity index (χ1n) is 11.7. The van der Waals surface area contributed by atoms with Crippen LogP contribution in [-0.4, -0.2) is 78.2 Å². The van der Waals surface area contributed by atoms with E-state index in [1.165, 1.54) is 4.90 Å². The molecule has 9 heteroatoms. The molecule has 0 atom stereocenters. The highest BCUT2D eigenvalue weighted by Gasteiger charge is 2.25. The zero-order valence-electron chi connectivity index (χ0n) is 20.1. The minimum absolute atomic E-state index is 0.0194. The third kappa shape index (κ3) is 5.83. The first kappa shape index (κ1) is 25.2. The maximum atomic E-state index is 13.0. The van der Waals surface area contributed by atoms with E-state index in [9.17, 15) is 9.59 Å². The largest absolute Gasteiger partial charge is 0.497 e. The standard InChI is InChI=1S/C27H28ClN5O3/c1-3-13-33(27(35)20-7-6-8-21(18-20)36-2)19-26(34)32-16-14-31(15-17-32)25-12-11-24(29-30-25)22-9-4-5-10-23(22)28/h3-12,18H,1,13-17,19H2,2H3. The van der Waals surface area contributed by atoms with Crippen molar-refractivity contribution in [2.24, 2.45) is 0 Å². The summed E-state index contributed by atoms with van der Waals surface area (Å²) >= 11 is 6.27. The van der Waals surface area contributed by atoms with Crippen LogP contribution in [0.3, 0.4) is 0 Å². The Kier molecular flexibility index (Phi) is 8.17. The number of ether oxygens (including phenoxy) is 1. The fourth-order valence-electron chi connectivity index (χ4n) is 4.07. The van der Waals surface area contributed by atoms with Crippen molar-refractivity contribution < 1.29 is 14.3 Å². The quantitative estimate of drug-likeness (QED) is 0.433. The predicted octanol–water partition coefficient (Wildman–Crippen LogP) is 3.78. The number of hydrogen-bond acceptors (Lipinski definition) is 6. The number of benzene rings is 2. The number of rotatable bonds is 8. The summed E-state index contributed by atoms with van der Waals surface area (Å²) in [5, 5.41) is 9.34. The van der Waals surface area contributed by atoms with E-state index in [1.54, 1.807) is 42.4 Å². The number of methoxy groups -OCH3 is 1. The highest BCUT2D eigenvalue weighted by atomic mass is 35.5. The van der Waals surface area contributed by atoms with Crippen LogP contribution in [0.25, 0.3) is 11.3 Å². The average Bonchev–Trinajstić information content (AvgIpc) is 2.93. The third-order valence-electron chi connectivity index (χ3n) is 6.04. The van der Waals surface area contributed by atoms with E-state index in [4.69, 9.17) is 16.3 Å². The first-order valence-corrected chi connectivity index (χ1v) is 12.0. The van der Waals surface area contributed by atoms with Crippen LogP contribution >= 0.6 is 11.6 Å². The predicted molar refractivity (Wildman–Crippen MR) is 140 cm³/mol. The Bertz CT molecular complexity index is 1230. The monoisotopic (exact) mass is 505 g/mol. The minimum atomic E-state index is -0.241. The Morgan fingerprint density at radius 3 is 2.50 bits per heavy atom. The normalized spacial score (nSPS) is 13.3. The van der Waals surface area contributed by atoms with E-state index in [1.807, 2.05) is 36.4 Å². The smallest absolute Gasteiger partial charge is 0.254 e. The van der Waals surface area contributed by atoms with E-state index in [2.05, 4.69) is 21.7 Å².